The molecular weight excluding hydrogens is 272 g/mol. The Morgan fingerprint density at radius 1 is 1.52 bits per heavy atom. The van der Waals surface area contributed by atoms with Gasteiger partial charge in [-0.15, -0.1) is 5.10 Å². The van der Waals surface area contributed by atoms with Crippen molar-refractivity contribution in [3.63, 3.8) is 0 Å². The Labute approximate surface area is 121 Å². The molecule has 0 bridgehead atoms. The fourth-order valence-corrected chi connectivity index (χ4v) is 2.44. The van der Waals surface area contributed by atoms with Crippen LogP contribution in [0.3, 0.4) is 0 Å². The van der Waals surface area contributed by atoms with E-state index in [1.807, 2.05) is 24.3 Å². The molecule has 2 heterocycles. The molecule has 2 aromatic rings. The molecule has 3 rings (SSSR count). The summed E-state index contributed by atoms with van der Waals surface area (Å²) in [7, 11) is 0. The molecule has 2 unspecified atom stereocenters. The maximum absolute atomic E-state index is 10.7. The lowest BCUT2D eigenvalue weighted by molar-refractivity contribution is -0.138. The molecule has 0 fully saturated rings. The monoisotopic (exact) mass is 288 g/mol. The molecule has 3 N–H and O–H groups in total. The molecule has 1 aliphatic heterocycles. The summed E-state index contributed by atoms with van der Waals surface area (Å²) >= 11 is 0. The highest BCUT2D eigenvalue weighted by Gasteiger charge is 2.24. The van der Waals surface area contributed by atoms with Gasteiger partial charge in [-0.1, -0.05) is 23.4 Å². The summed E-state index contributed by atoms with van der Waals surface area (Å²) in [6, 6.07) is 6.98. The molecule has 0 saturated carbocycles. The van der Waals surface area contributed by atoms with E-state index in [0.717, 1.165) is 11.3 Å². The summed E-state index contributed by atoms with van der Waals surface area (Å²) in [5.41, 5.74) is 7.23. The molecular formula is C14H16N4O3. The number of hydrogen-bond donors (Lipinski definition) is 2. The Kier molecular flexibility index (Phi) is 3.57. The van der Waals surface area contributed by atoms with Crippen LogP contribution in [0.5, 0.6) is 5.75 Å². The average molecular weight is 288 g/mol. The lowest BCUT2D eigenvalue weighted by atomic mass is 10.0. The standard InChI is InChI=1S/C14H16N4O3/c15-12(14(19)20)5-10-7-18(17-16-10)6-9-8-21-13-4-2-1-3-11(9)13/h1-4,7,9,12H,5-6,8,15H2,(H,19,20). The summed E-state index contributed by atoms with van der Waals surface area (Å²) in [4.78, 5) is 10.7. The highest BCUT2D eigenvalue weighted by atomic mass is 16.5. The van der Waals surface area contributed by atoms with Gasteiger partial charge in [0.05, 0.1) is 18.8 Å². The van der Waals surface area contributed by atoms with Crippen LogP contribution in [0.4, 0.5) is 0 Å². The van der Waals surface area contributed by atoms with Gasteiger partial charge in [0.2, 0.25) is 0 Å². The maximum atomic E-state index is 10.7. The van der Waals surface area contributed by atoms with Crippen molar-refractivity contribution in [2.75, 3.05) is 6.61 Å². The van der Waals surface area contributed by atoms with Crippen molar-refractivity contribution in [3.05, 3.63) is 41.7 Å². The van der Waals surface area contributed by atoms with E-state index < -0.39 is 12.0 Å². The molecule has 7 heteroatoms. The number of carboxylic acids is 1. The number of ether oxygens (including phenoxy) is 1. The van der Waals surface area contributed by atoms with Gasteiger partial charge in [0.15, 0.2) is 0 Å². The number of nitrogens with two attached hydrogens (primary N) is 1. The molecule has 0 saturated heterocycles. The minimum absolute atomic E-state index is 0.174. The van der Waals surface area contributed by atoms with Gasteiger partial charge in [-0.3, -0.25) is 9.48 Å². The molecule has 110 valence electrons. The van der Waals surface area contributed by atoms with Crippen LogP contribution in [0.15, 0.2) is 30.5 Å². The van der Waals surface area contributed by atoms with E-state index in [0.29, 0.717) is 18.8 Å². The molecule has 0 aliphatic carbocycles. The topological polar surface area (TPSA) is 103 Å². The zero-order valence-electron chi connectivity index (χ0n) is 11.3. The van der Waals surface area contributed by atoms with Crippen molar-refractivity contribution in [1.82, 2.24) is 15.0 Å². The van der Waals surface area contributed by atoms with Crippen molar-refractivity contribution in [2.45, 2.75) is 24.9 Å². The number of carbonyl (C=O) groups is 1. The highest BCUT2D eigenvalue weighted by Crippen LogP contribution is 2.34. The van der Waals surface area contributed by atoms with Crippen molar-refractivity contribution in [2.24, 2.45) is 5.73 Å². The zero-order valence-corrected chi connectivity index (χ0v) is 11.3. The van der Waals surface area contributed by atoms with E-state index in [1.165, 1.54) is 0 Å². The van der Waals surface area contributed by atoms with Crippen molar-refractivity contribution < 1.29 is 14.6 Å². The van der Waals surface area contributed by atoms with Crippen LogP contribution in [0.25, 0.3) is 0 Å². The molecule has 1 aliphatic rings. The SMILES string of the molecule is NC(Cc1cn(CC2COc3ccccc32)nn1)C(=O)O. The number of rotatable bonds is 5. The molecule has 2 atom stereocenters. The number of benzene rings is 1. The van der Waals surface area contributed by atoms with E-state index in [2.05, 4.69) is 10.3 Å². The number of nitrogens with zero attached hydrogens (tertiary/aromatic N) is 3. The zero-order chi connectivity index (χ0) is 14.8. The quantitative estimate of drug-likeness (QED) is 0.826. The van der Waals surface area contributed by atoms with Crippen LogP contribution >= 0.6 is 0 Å². The van der Waals surface area contributed by atoms with Gasteiger partial charge < -0.3 is 15.6 Å². The number of para-hydroxylation sites is 1. The van der Waals surface area contributed by atoms with Gasteiger partial charge in [0, 0.05) is 24.1 Å². The van der Waals surface area contributed by atoms with E-state index in [4.69, 9.17) is 15.6 Å². The van der Waals surface area contributed by atoms with Gasteiger partial charge >= 0.3 is 5.97 Å². The Bertz CT molecular complexity index is 655. The normalized spacial score (nSPS) is 18.0. The Hall–Kier alpha value is -2.41. The number of fused-ring (bicyclic) bond motifs is 1. The van der Waals surface area contributed by atoms with E-state index in [-0.39, 0.29) is 12.3 Å². The largest absolute Gasteiger partial charge is 0.493 e. The second-order valence-electron chi connectivity index (χ2n) is 5.13. The van der Waals surface area contributed by atoms with Gasteiger partial charge in [-0.25, -0.2) is 0 Å². The number of hydrogen-bond acceptors (Lipinski definition) is 5. The Morgan fingerprint density at radius 2 is 2.33 bits per heavy atom. The number of carboxylic acid groups (broad SMARTS) is 1. The third-order valence-electron chi connectivity index (χ3n) is 3.54. The van der Waals surface area contributed by atoms with E-state index in [1.54, 1.807) is 10.9 Å². The van der Waals surface area contributed by atoms with Gasteiger partial charge in [0.25, 0.3) is 0 Å². The predicted octanol–water partition coefficient (Wildman–Crippen LogP) is 0.409. The maximum Gasteiger partial charge on any atom is 0.320 e. The molecule has 1 aromatic carbocycles. The van der Waals surface area contributed by atoms with Crippen molar-refractivity contribution in [3.8, 4) is 5.75 Å². The van der Waals surface area contributed by atoms with Gasteiger partial charge in [-0.05, 0) is 6.07 Å². The highest BCUT2D eigenvalue weighted by molar-refractivity contribution is 5.73. The third-order valence-corrected chi connectivity index (χ3v) is 3.54. The fourth-order valence-electron chi connectivity index (χ4n) is 2.44. The fraction of sp³-hybridized carbons (Fsp3) is 0.357. The van der Waals surface area contributed by atoms with Crippen molar-refractivity contribution in [1.29, 1.82) is 0 Å². The summed E-state index contributed by atoms with van der Waals surface area (Å²) in [5, 5.41) is 16.8. The summed E-state index contributed by atoms with van der Waals surface area (Å²) in [6.07, 6.45) is 1.91. The lowest BCUT2D eigenvalue weighted by Crippen LogP contribution is -2.32. The summed E-state index contributed by atoms with van der Waals surface area (Å²) in [5.74, 6) is 0.0994. The van der Waals surface area contributed by atoms with Crippen LogP contribution in [0.2, 0.25) is 0 Å². The predicted molar refractivity (Wildman–Crippen MR) is 74.0 cm³/mol. The second kappa shape index (κ2) is 5.53. The third kappa shape index (κ3) is 2.87. The first-order chi connectivity index (χ1) is 10.1. The molecule has 0 radical (unpaired) electrons. The molecule has 21 heavy (non-hydrogen) atoms. The lowest BCUT2D eigenvalue weighted by Gasteiger charge is -2.07. The molecule has 0 amide bonds. The minimum Gasteiger partial charge on any atom is -0.493 e. The Balaban J connectivity index is 1.67. The second-order valence-corrected chi connectivity index (χ2v) is 5.13. The average Bonchev–Trinajstić information content (AvgIpc) is 3.07. The van der Waals surface area contributed by atoms with E-state index >= 15 is 0 Å². The first-order valence-electron chi connectivity index (χ1n) is 6.72. The van der Waals surface area contributed by atoms with Crippen LogP contribution in [-0.4, -0.2) is 38.7 Å². The number of aliphatic carboxylic acids is 1. The first kappa shape index (κ1) is 13.6. The van der Waals surface area contributed by atoms with Gasteiger partial charge in [-0.2, -0.15) is 0 Å². The molecule has 1 aromatic heterocycles. The van der Waals surface area contributed by atoms with Crippen LogP contribution < -0.4 is 10.5 Å². The molecule has 0 spiro atoms. The summed E-state index contributed by atoms with van der Waals surface area (Å²) < 4.78 is 7.34. The van der Waals surface area contributed by atoms with Crippen LogP contribution in [0.1, 0.15) is 17.2 Å². The van der Waals surface area contributed by atoms with E-state index in [9.17, 15) is 4.79 Å². The smallest absolute Gasteiger partial charge is 0.320 e. The minimum atomic E-state index is -1.04. The van der Waals surface area contributed by atoms with Crippen molar-refractivity contribution >= 4 is 5.97 Å². The molecule has 7 nitrogen and oxygen atoms in total. The summed E-state index contributed by atoms with van der Waals surface area (Å²) in [6.45, 7) is 1.26. The van der Waals surface area contributed by atoms with Gasteiger partial charge in [0.1, 0.15) is 11.8 Å². The Morgan fingerprint density at radius 3 is 3.14 bits per heavy atom. The van der Waals surface area contributed by atoms with Crippen LogP contribution in [0, 0.1) is 0 Å². The number of aromatic nitrogens is 3. The van der Waals surface area contributed by atoms with Crippen LogP contribution in [-0.2, 0) is 17.8 Å². The first-order valence-corrected chi connectivity index (χ1v) is 6.72.